The summed E-state index contributed by atoms with van der Waals surface area (Å²) in [5.41, 5.74) is 3.62. The molecular formula is C17H19BrN4. The number of hydrogen-bond acceptors (Lipinski definition) is 2. The average Bonchev–Trinajstić information content (AvgIpc) is 3.09. The molecule has 1 unspecified atom stereocenters. The van der Waals surface area contributed by atoms with Crippen molar-refractivity contribution in [1.29, 1.82) is 0 Å². The van der Waals surface area contributed by atoms with E-state index in [1.807, 2.05) is 6.20 Å². The molecule has 0 spiro atoms. The van der Waals surface area contributed by atoms with Gasteiger partial charge in [0.2, 0.25) is 0 Å². The van der Waals surface area contributed by atoms with Gasteiger partial charge in [-0.2, -0.15) is 5.10 Å². The molecule has 1 aliphatic rings. The Kier molecular flexibility index (Phi) is 3.54. The molecule has 2 heterocycles. The highest BCUT2D eigenvalue weighted by Gasteiger charge is 2.24. The first-order valence-electron chi connectivity index (χ1n) is 7.74. The molecule has 5 heteroatoms. The number of aromatic amines is 1. The van der Waals surface area contributed by atoms with Crippen LogP contribution in [0.5, 0.6) is 0 Å². The van der Waals surface area contributed by atoms with Crippen LogP contribution in [-0.4, -0.2) is 14.8 Å². The first-order chi connectivity index (χ1) is 10.7. The van der Waals surface area contributed by atoms with Gasteiger partial charge >= 0.3 is 0 Å². The maximum Gasteiger partial charge on any atom is 0.0537 e. The fourth-order valence-corrected chi connectivity index (χ4v) is 3.25. The zero-order valence-corrected chi connectivity index (χ0v) is 14.1. The van der Waals surface area contributed by atoms with E-state index in [-0.39, 0.29) is 0 Å². The third kappa shape index (κ3) is 2.71. The fraction of sp³-hybridized carbons (Fsp3) is 0.353. The van der Waals surface area contributed by atoms with E-state index in [1.54, 1.807) is 0 Å². The van der Waals surface area contributed by atoms with Gasteiger partial charge in [0.15, 0.2) is 0 Å². The lowest BCUT2D eigenvalue weighted by Gasteiger charge is -2.10. The molecule has 0 amide bonds. The molecular weight excluding hydrogens is 340 g/mol. The zero-order chi connectivity index (χ0) is 15.1. The predicted octanol–water partition coefficient (Wildman–Crippen LogP) is 4.31. The summed E-state index contributed by atoms with van der Waals surface area (Å²) in [7, 11) is 0. The molecule has 2 aromatic heterocycles. The topological polar surface area (TPSA) is 45.6 Å². The highest BCUT2D eigenvalue weighted by molar-refractivity contribution is 9.10. The summed E-state index contributed by atoms with van der Waals surface area (Å²) in [6.07, 6.45) is 6.70. The molecule has 114 valence electrons. The highest BCUT2D eigenvalue weighted by atomic mass is 79.9. The number of nitrogens with zero attached hydrogens (tertiary/aromatic N) is 2. The van der Waals surface area contributed by atoms with Gasteiger partial charge in [-0.05, 0) is 38.0 Å². The van der Waals surface area contributed by atoms with Crippen molar-refractivity contribution in [3.05, 3.63) is 52.4 Å². The SMILES string of the molecule is CC(NCc1cc2c(Br)cccc2[nH]1)c1cnn(C2CC2)c1. The zero-order valence-electron chi connectivity index (χ0n) is 12.5. The first kappa shape index (κ1) is 14.0. The Hall–Kier alpha value is -1.59. The van der Waals surface area contributed by atoms with Crippen LogP contribution in [0.4, 0.5) is 0 Å². The van der Waals surface area contributed by atoms with Gasteiger partial charge < -0.3 is 10.3 Å². The molecule has 3 aromatic rings. The quantitative estimate of drug-likeness (QED) is 0.713. The third-order valence-corrected chi connectivity index (χ3v) is 5.00. The van der Waals surface area contributed by atoms with Crippen LogP contribution in [0, 0.1) is 0 Å². The summed E-state index contributed by atoms with van der Waals surface area (Å²) >= 11 is 3.60. The van der Waals surface area contributed by atoms with E-state index in [1.165, 1.54) is 35.0 Å². The molecule has 1 aromatic carbocycles. The van der Waals surface area contributed by atoms with Gasteiger partial charge in [0, 0.05) is 45.4 Å². The van der Waals surface area contributed by atoms with E-state index in [9.17, 15) is 0 Å². The maximum absolute atomic E-state index is 4.46. The standard InChI is InChI=1S/C17H19BrN4/c1-11(12-8-20-22(10-12)14-5-6-14)19-9-13-7-15-16(18)3-2-4-17(15)21-13/h2-4,7-8,10-11,14,19,21H,5-6,9H2,1H3. The third-order valence-electron chi connectivity index (χ3n) is 4.31. The van der Waals surface area contributed by atoms with E-state index in [0.29, 0.717) is 12.1 Å². The van der Waals surface area contributed by atoms with Crippen LogP contribution >= 0.6 is 15.9 Å². The molecule has 1 atom stereocenters. The summed E-state index contributed by atoms with van der Waals surface area (Å²) in [5, 5.41) is 9.26. The van der Waals surface area contributed by atoms with Gasteiger partial charge in [0.25, 0.3) is 0 Å². The van der Waals surface area contributed by atoms with Crippen LogP contribution in [0.15, 0.2) is 41.1 Å². The van der Waals surface area contributed by atoms with E-state index in [4.69, 9.17) is 0 Å². The lowest BCUT2D eigenvalue weighted by Crippen LogP contribution is -2.17. The normalized spacial score (nSPS) is 16.3. The lowest BCUT2D eigenvalue weighted by atomic mass is 10.2. The second kappa shape index (κ2) is 5.56. The Morgan fingerprint density at radius 2 is 2.32 bits per heavy atom. The van der Waals surface area contributed by atoms with Crippen molar-refractivity contribution >= 4 is 26.8 Å². The molecule has 0 saturated heterocycles. The van der Waals surface area contributed by atoms with E-state index < -0.39 is 0 Å². The number of nitrogens with one attached hydrogen (secondary N) is 2. The van der Waals surface area contributed by atoms with Gasteiger partial charge in [-0.1, -0.05) is 22.0 Å². The molecule has 1 saturated carbocycles. The number of benzene rings is 1. The minimum atomic E-state index is 0.294. The average molecular weight is 359 g/mol. The van der Waals surface area contributed by atoms with Crippen LogP contribution in [0.2, 0.25) is 0 Å². The van der Waals surface area contributed by atoms with Gasteiger partial charge in [-0.3, -0.25) is 4.68 Å². The van der Waals surface area contributed by atoms with Crippen LogP contribution in [0.3, 0.4) is 0 Å². The monoisotopic (exact) mass is 358 g/mol. The smallest absolute Gasteiger partial charge is 0.0537 e. The Morgan fingerprint density at radius 3 is 3.09 bits per heavy atom. The van der Waals surface area contributed by atoms with Crippen molar-refractivity contribution in [2.24, 2.45) is 0 Å². The van der Waals surface area contributed by atoms with Crippen LogP contribution in [0.1, 0.15) is 43.1 Å². The van der Waals surface area contributed by atoms with Gasteiger partial charge in [-0.25, -0.2) is 0 Å². The molecule has 0 bridgehead atoms. The number of rotatable bonds is 5. The molecule has 0 aliphatic heterocycles. The first-order valence-corrected chi connectivity index (χ1v) is 8.53. The van der Waals surface area contributed by atoms with Gasteiger partial charge in [-0.15, -0.1) is 0 Å². The van der Waals surface area contributed by atoms with Gasteiger partial charge in [0.1, 0.15) is 0 Å². The summed E-state index contributed by atoms with van der Waals surface area (Å²) in [6.45, 7) is 3.00. The van der Waals surface area contributed by atoms with E-state index in [2.05, 4.69) is 73.4 Å². The summed E-state index contributed by atoms with van der Waals surface area (Å²) < 4.78 is 3.24. The molecule has 2 N–H and O–H groups in total. The number of H-pyrrole nitrogens is 1. The van der Waals surface area contributed by atoms with E-state index in [0.717, 1.165) is 11.0 Å². The number of fused-ring (bicyclic) bond motifs is 1. The van der Waals surface area contributed by atoms with Crippen molar-refractivity contribution in [3.63, 3.8) is 0 Å². The molecule has 4 rings (SSSR count). The van der Waals surface area contributed by atoms with Crippen molar-refractivity contribution in [2.45, 2.75) is 38.4 Å². The second-order valence-electron chi connectivity index (χ2n) is 6.08. The number of aromatic nitrogens is 3. The summed E-state index contributed by atoms with van der Waals surface area (Å²) in [6, 6.07) is 9.37. The highest BCUT2D eigenvalue weighted by Crippen LogP contribution is 2.34. The summed E-state index contributed by atoms with van der Waals surface area (Å²) in [5.74, 6) is 0. The predicted molar refractivity (Wildman–Crippen MR) is 91.8 cm³/mol. The molecule has 22 heavy (non-hydrogen) atoms. The Balaban J connectivity index is 1.44. The molecule has 1 aliphatic carbocycles. The van der Waals surface area contributed by atoms with Gasteiger partial charge in [0.05, 0.1) is 12.2 Å². The molecule has 0 radical (unpaired) electrons. The number of hydrogen-bond donors (Lipinski definition) is 2. The molecule has 1 fully saturated rings. The Bertz CT molecular complexity index is 800. The minimum Gasteiger partial charge on any atom is -0.357 e. The largest absolute Gasteiger partial charge is 0.357 e. The minimum absolute atomic E-state index is 0.294. The van der Waals surface area contributed by atoms with Crippen molar-refractivity contribution in [1.82, 2.24) is 20.1 Å². The lowest BCUT2D eigenvalue weighted by molar-refractivity contribution is 0.567. The summed E-state index contributed by atoms with van der Waals surface area (Å²) in [4.78, 5) is 3.46. The van der Waals surface area contributed by atoms with Crippen molar-refractivity contribution in [2.75, 3.05) is 0 Å². The fourth-order valence-electron chi connectivity index (χ4n) is 2.77. The molecule has 4 nitrogen and oxygen atoms in total. The number of halogens is 1. The Morgan fingerprint density at radius 1 is 1.45 bits per heavy atom. The van der Waals surface area contributed by atoms with E-state index >= 15 is 0 Å². The van der Waals surface area contributed by atoms with Crippen LogP contribution in [-0.2, 0) is 6.54 Å². The van der Waals surface area contributed by atoms with Crippen molar-refractivity contribution < 1.29 is 0 Å². The van der Waals surface area contributed by atoms with Crippen LogP contribution < -0.4 is 5.32 Å². The second-order valence-corrected chi connectivity index (χ2v) is 6.94. The Labute approximate surface area is 138 Å². The maximum atomic E-state index is 4.46. The van der Waals surface area contributed by atoms with Crippen molar-refractivity contribution in [3.8, 4) is 0 Å². The van der Waals surface area contributed by atoms with Crippen LogP contribution in [0.25, 0.3) is 10.9 Å².